The number of thiophene rings is 1. The fourth-order valence-corrected chi connectivity index (χ4v) is 4.93. The summed E-state index contributed by atoms with van der Waals surface area (Å²) in [6.07, 6.45) is -2.64. The number of rotatable bonds is 6. The monoisotopic (exact) mass is 471 g/mol. The van der Waals surface area contributed by atoms with E-state index in [1.165, 1.54) is 19.4 Å². The highest BCUT2D eigenvalue weighted by Crippen LogP contribution is 2.43. The van der Waals surface area contributed by atoms with Crippen LogP contribution in [0.25, 0.3) is 10.2 Å². The molecule has 1 unspecified atom stereocenters. The number of hydrogen-bond donors (Lipinski definition) is 2. The van der Waals surface area contributed by atoms with Gasteiger partial charge in [-0.3, -0.25) is 4.79 Å². The molecule has 2 aromatic heterocycles. The predicted molar refractivity (Wildman–Crippen MR) is 112 cm³/mol. The second kappa shape index (κ2) is 8.42. The fraction of sp³-hybridized carbons (Fsp3) is 0.571. The zero-order valence-corrected chi connectivity index (χ0v) is 18.7. The minimum absolute atomic E-state index is 0.0334. The summed E-state index contributed by atoms with van der Waals surface area (Å²) in [5.74, 6) is -0.234. The standard InChI is InChI=1S/C21H24F3N3O4S/c1-9-15(21(22,23)24)17-16(14(8-32-17)18(28)25-3)27-19(9)31-13-6-12(7-13)26-20(29)30-10(2)11-4-5-11/h8,10-13H,4-7H2,1-3H3,(H,25,28)(H,26,29). The number of carbonyl (C=O) groups excluding carboxylic acids is 2. The quantitative estimate of drug-likeness (QED) is 0.651. The Hall–Kier alpha value is -2.56. The molecule has 0 bridgehead atoms. The van der Waals surface area contributed by atoms with E-state index < -0.39 is 29.8 Å². The Kier molecular flexibility index (Phi) is 5.95. The SMILES string of the molecule is CNC(=O)c1csc2c(C(F)(F)F)c(C)c(OC3CC(NC(=O)OC(C)C4CC4)C3)nc12. The number of nitrogens with zero attached hydrogens (tertiary/aromatic N) is 1. The van der Waals surface area contributed by atoms with Gasteiger partial charge in [-0.2, -0.15) is 13.2 Å². The second-order valence-electron chi connectivity index (χ2n) is 8.32. The lowest BCUT2D eigenvalue weighted by atomic mass is 9.89. The summed E-state index contributed by atoms with van der Waals surface area (Å²) in [6.45, 7) is 3.18. The van der Waals surface area contributed by atoms with Crippen molar-refractivity contribution in [2.24, 2.45) is 5.92 Å². The van der Waals surface area contributed by atoms with Gasteiger partial charge in [-0.05, 0) is 32.6 Å². The van der Waals surface area contributed by atoms with Crippen molar-refractivity contribution < 1.29 is 32.2 Å². The summed E-state index contributed by atoms with van der Waals surface area (Å²) in [5.41, 5.74) is -0.925. The van der Waals surface area contributed by atoms with Crippen LogP contribution in [-0.2, 0) is 10.9 Å². The maximum atomic E-state index is 13.8. The Morgan fingerprint density at radius 3 is 2.56 bits per heavy atom. The zero-order valence-electron chi connectivity index (χ0n) is 17.8. The van der Waals surface area contributed by atoms with Gasteiger partial charge in [-0.1, -0.05) is 0 Å². The molecular formula is C21H24F3N3O4S. The molecule has 2 aliphatic rings. The van der Waals surface area contributed by atoms with Crippen LogP contribution in [0, 0.1) is 12.8 Å². The van der Waals surface area contributed by atoms with Crippen LogP contribution in [0.15, 0.2) is 5.38 Å². The van der Waals surface area contributed by atoms with Crippen molar-refractivity contribution in [1.29, 1.82) is 0 Å². The van der Waals surface area contributed by atoms with Gasteiger partial charge >= 0.3 is 12.3 Å². The first-order valence-electron chi connectivity index (χ1n) is 10.4. The third-order valence-corrected chi connectivity index (χ3v) is 6.92. The number of pyridine rings is 1. The summed E-state index contributed by atoms with van der Waals surface area (Å²) in [6, 6.07) is -0.174. The van der Waals surface area contributed by atoms with Crippen LogP contribution in [0.5, 0.6) is 5.88 Å². The molecule has 11 heteroatoms. The topological polar surface area (TPSA) is 89.6 Å². The Bertz CT molecular complexity index is 1050. The van der Waals surface area contributed by atoms with Crippen LogP contribution < -0.4 is 15.4 Å². The smallest absolute Gasteiger partial charge is 0.418 e. The first-order valence-corrected chi connectivity index (χ1v) is 11.3. The number of alkyl halides is 3. The zero-order chi connectivity index (χ0) is 23.2. The number of hydrogen-bond acceptors (Lipinski definition) is 6. The van der Waals surface area contributed by atoms with Crippen molar-refractivity contribution in [3.8, 4) is 5.88 Å². The summed E-state index contributed by atoms with van der Waals surface area (Å²) < 4.78 is 52.5. The molecule has 2 aromatic rings. The lowest BCUT2D eigenvalue weighted by Gasteiger charge is -2.35. The van der Waals surface area contributed by atoms with Gasteiger partial charge in [0.05, 0.1) is 21.3 Å². The molecule has 32 heavy (non-hydrogen) atoms. The Labute approximate surface area is 186 Å². The van der Waals surface area contributed by atoms with E-state index in [0.29, 0.717) is 18.8 Å². The van der Waals surface area contributed by atoms with Crippen molar-refractivity contribution in [3.05, 3.63) is 22.1 Å². The molecule has 1 atom stereocenters. The lowest BCUT2D eigenvalue weighted by molar-refractivity contribution is -0.136. The number of ether oxygens (including phenoxy) is 2. The van der Waals surface area contributed by atoms with Gasteiger partial charge in [0.15, 0.2) is 0 Å². The number of aromatic nitrogens is 1. The lowest BCUT2D eigenvalue weighted by Crippen LogP contribution is -2.49. The van der Waals surface area contributed by atoms with Gasteiger partial charge in [-0.15, -0.1) is 11.3 Å². The van der Waals surface area contributed by atoms with Crippen LogP contribution in [0.4, 0.5) is 18.0 Å². The van der Waals surface area contributed by atoms with E-state index in [1.807, 2.05) is 6.92 Å². The molecule has 0 aromatic carbocycles. The first kappa shape index (κ1) is 22.6. The number of amides is 2. The summed E-state index contributed by atoms with van der Waals surface area (Å²) in [4.78, 5) is 28.3. The molecule has 0 spiro atoms. The Morgan fingerprint density at radius 2 is 1.97 bits per heavy atom. The van der Waals surface area contributed by atoms with E-state index in [4.69, 9.17) is 9.47 Å². The third-order valence-electron chi connectivity index (χ3n) is 5.93. The van der Waals surface area contributed by atoms with Crippen molar-refractivity contribution in [2.45, 2.75) is 64.0 Å². The van der Waals surface area contributed by atoms with Gasteiger partial charge < -0.3 is 20.1 Å². The summed E-state index contributed by atoms with van der Waals surface area (Å²) in [5, 5.41) is 6.54. The van der Waals surface area contributed by atoms with Crippen LogP contribution in [0.3, 0.4) is 0 Å². The van der Waals surface area contributed by atoms with Crippen molar-refractivity contribution in [3.63, 3.8) is 0 Å². The molecule has 2 aliphatic carbocycles. The van der Waals surface area contributed by atoms with E-state index in [9.17, 15) is 22.8 Å². The van der Waals surface area contributed by atoms with Crippen LogP contribution in [0.2, 0.25) is 0 Å². The van der Waals surface area contributed by atoms with Gasteiger partial charge in [0.1, 0.15) is 12.2 Å². The molecule has 7 nitrogen and oxygen atoms in total. The van der Waals surface area contributed by atoms with E-state index >= 15 is 0 Å². The predicted octanol–water partition coefficient (Wildman–Crippen LogP) is 4.42. The third kappa shape index (κ3) is 4.48. The van der Waals surface area contributed by atoms with Crippen molar-refractivity contribution in [1.82, 2.24) is 15.6 Å². The maximum Gasteiger partial charge on any atom is 0.418 e. The van der Waals surface area contributed by atoms with E-state index in [-0.39, 0.29) is 39.4 Å². The van der Waals surface area contributed by atoms with Crippen LogP contribution >= 0.6 is 11.3 Å². The minimum Gasteiger partial charge on any atom is -0.474 e. The number of nitrogens with one attached hydrogen (secondary N) is 2. The van der Waals surface area contributed by atoms with Crippen LogP contribution in [0.1, 0.15) is 54.1 Å². The summed E-state index contributed by atoms with van der Waals surface area (Å²) in [7, 11) is 1.40. The Morgan fingerprint density at radius 1 is 1.28 bits per heavy atom. The highest BCUT2D eigenvalue weighted by molar-refractivity contribution is 7.17. The normalized spacial score (nSPS) is 21.6. The molecular weight excluding hydrogens is 447 g/mol. The number of carbonyl (C=O) groups is 2. The number of halogens is 3. The average molecular weight is 472 g/mol. The van der Waals surface area contributed by atoms with Crippen molar-refractivity contribution in [2.75, 3.05) is 7.05 Å². The van der Waals surface area contributed by atoms with Gasteiger partial charge in [0.2, 0.25) is 5.88 Å². The van der Waals surface area contributed by atoms with Crippen molar-refractivity contribution >= 4 is 33.6 Å². The highest BCUT2D eigenvalue weighted by atomic mass is 32.1. The molecule has 2 N–H and O–H groups in total. The fourth-order valence-electron chi connectivity index (χ4n) is 3.82. The molecule has 2 amide bonds. The second-order valence-corrected chi connectivity index (χ2v) is 9.20. The molecule has 0 saturated heterocycles. The first-order chi connectivity index (χ1) is 15.1. The van der Waals surface area contributed by atoms with E-state index in [0.717, 1.165) is 24.2 Å². The molecule has 0 aliphatic heterocycles. The number of alkyl carbamates (subject to hydrolysis) is 1. The minimum atomic E-state index is -4.63. The molecule has 2 heterocycles. The van der Waals surface area contributed by atoms with Gasteiger partial charge in [0.25, 0.3) is 5.91 Å². The number of fused-ring (bicyclic) bond motifs is 1. The molecule has 4 rings (SSSR count). The molecule has 2 saturated carbocycles. The highest BCUT2D eigenvalue weighted by Gasteiger charge is 2.40. The van der Waals surface area contributed by atoms with E-state index in [2.05, 4.69) is 15.6 Å². The molecule has 2 fully saturated rings. The average Bonchev–Trinajstić information content (AvgIpc) is 3.46. The van der Waals surface area contributed by atoms with Gasteiger partial charge in [0, 0.05) is 36.9 Å². The molecule has 0 radical (unpaired) electrons. The molecule has 174 valence electrons. The Balaban J connectivity index is 1.48. The largest absolute Gasteiger partial charge is 0.474 e. The van der Waals surface area contributed by atoms with E-state index in [1.54, 1.807) is 0 Å². The van der Waals surface area contributed by atoms with Gasteiger partial charge in [-0.25, -0.2) is 9.78 Å². The summed E-state index contributed by atoms with van der Waals surface area (Å²) >= 11 is 0.831. The maximum absolute atomic E-state index is 13.8. The van der Waals surface area contributed by atoms with Crippen LogP contribution in [-0.4, -0.2) is 42.3 Å².